The second-order valence-electron chi connectivity index (χ2n) is 6.29. The molecule has 6 heteroatoms. The fourth-order valence-electron chi connectivity index (χ4n) is 3.02. The molecule has 2 heterocycles. The van der Waals surface area contributed by atoms with Gasteiger partial charge >= 0.3 is 0 Å². The molecule has 0 radical (unpaired) electrons. The number of carbonyl (C=O) groups is 1. The molecule has 1 aromatic carbocycles. The average molecular weight is 328 g/mol. The van der Waals surface area contributed by atoms with Gasteiger partial charge in [-0.15, -0.1) is 0 Å². The number of hydrogen-bond donors (Lipinski definition) is 1. The van der Waals surface area contributed by atoms with Gasteiger partial charge in [-0.2, -0.15) is 5.10 Å². The van der Waals surface area contributed by atoms with E-state index in [-0.39, 0.29) is 18.1 Å². The van der Waals surface area contributed by atoms with Crippen LogP contribution in [0.3, 0.4) is 0 Å². The van der Waals surface area contributed by atoms with Crippen molar-refractivity contribution in [1.29, 1.82) is 0 Å². The first-order chi connectivity index (χ1) is 11.6. The third-order valence-electron chi connectivity index (χ3n) is 4.18. The maximum absolute atomic E-state index is 12.9. The molecular weight excluding hydrogens is 304 g/mol. The molecule has 1 saturated heterocycles. The summed E-state index contributed by atoms with van der Waals surface area (Å²) in [6.07, 6.45) is 1.80. The van der Waals surface area contributed by atoms with E-state index in [2.05, 4.69) is 10.4 Å². The Bertz CT molecular complexity index is 693. The minimum atomic E-state index is 0.00856. The first-order valence-corrected chi connectivity index (χ1v) is 8.32. The Kier molecular flexibility index (Phi) is 4.85. The molecule has 1 amide bonds. The van der Waals surface area contributed by atoms with Crippen LogP contribution < -0.4 is 10.1 Å². The van der Waals surface area contributed by atoms with Gasteiger partial charge in [0.15, 0.2) is 0 Å². The van der Waals surface area contributed by atoms with Gasteiger partial charge in [-0.1, -0.05) is 12.1 Å². The van der Waals surface area contributed by atoms with Crippen molar-refractivity contribution in [2.75, 3.05) is 19.6 Å². The van der Waals surface area contributed by atoms with E-state index >= 15 is 0 Å². The lowest BCUT2D eigenvalue weighted by atomic mass is 10.0. The maximum Gasteiger partial charge on any atom is 0.272 e. The molecule has 1 aromatic heterocycles. The molecule has 0 saturated carbocycles. The van der Waals surface area contributed by atoms with Crippen molar-refractivity contribution >= 4 is 5.91 Å². The van der Waals surface area contributed by atoms with Gasteiger partial charge in [0.05, 0.1) is 12.1 Å². The van der Waals surface area contributed by atoms with Crippen LogP contribution in [0.25, 0.3) is 0 Å². The van der Waals surface area contributed by atoms with E-state index in [0.717, 1.165) is 24.4 Å². The van der Waals surface area contributed by atoms with Gasteiger partial charge < -0.3 is 15.0 Å². The molecule has 0 aliphatic carbocycles. The molecule has 1 atom stereocenters. The Labute approximate surface area is 142 Å². The van der Waals surface area contributed by atoms with Gasteiger partial charge in [0.25, 0.3) is 5.91 Å². The molecular formula is C18H24N4O2. The Morgan fingerprint density at radius 2 is 2.04 bits per heavy atom. The van der Waals surface area contributed by atoms with E-state index in [4.69, 9.17) is 4.74 Å². The summed E-state index contributed by atoms with van der Waals surface area (Å²) in [6, 6.07) is 9.79. The first-order valence-electron chi connectivity index (χ1n) is 8.32. The summed E-state index contributed by atoms with van der Waals surface area (Å²) >= 11 is 0. The second-order valence-corrected chi connectivity index (χ2v) is 6.29. The Balaban J connectivity index is 1.82. The normalized spacial score (nSPS) is 18.0. The van der Waals surface area contributed by atoms with Crippen LogP contribution in [-0.4, -0.2) is 46.3 Å². The van der Waals surface area contributed by atoms with Crippen LogP contribution in [0.2, 0.25) is 0 Å². The van der Waals surface area contributed by atoms with Gasteiger partial charge in [0.1, 0.15) is 11.4 Å². The highest BCUT2D eigenvalue weighted by atomic mass is 16.5. The number of rotatable bonds is 4. The second kappa shape index (κ2) is 7.05. The highest BCUT2D eigenvalue weighted by Gasteiger charge is 2.29. The number of hydrogen-bond acceptors (Lipinski definition) is 4. The SMILES string of the molecule is CC(C)Oc1ccc([C@@H]2CNCCN2C(=O)c2ccnn2C)cc1. The number of nitrogens with one attached hydrogen (secondary N) is 1. The maximum atomic E-state index is 12.9. The third kappa shape index (κ3) is 3.43. The number of ether oxygens (including phenoxy) is 1. The van der Waals surface area contributed by atoms with Crippen LogP contribution in [0.4, 0.5) is 0 Å². The third-order valence-corrected chi connectivity index (χ3v) is 4.18. The largest absolute Gasteiger partial charge is 0.491 e. The highest BCUT2D eigenvalue weighted by molar-refractivity contribution is 5.93. The van der Waals surface area contributed by atoms with Crippen molar-refractivity contribution in [3.63, 3.8) is 0 Å². The fraction of sp³-hybridized carbons (Fsp3) is 0.444. The lowest BCUT2D eigenvalue weighted by Crippen LogP contribution is -2.49. The number of aryl methyl sites for hydroxylation is 1. The standard InChI is InChI=1S/C18H24N4O2/c1-13(2)24-15-6-4-14(5-7-15)17-12-19-10-11-22(17)18(23)16-8-9-20-21(16)3/h4-9,13,17,19H,10-12H2,1-3H3/t17-/m0/s1. The monoisotopic (exact) mass is 328 g/mol. The van der Waals surface area contributed by atoms with Crippen molar-refractivity contribution in [3.8, 4) is 5.75 Å². The fourth-order valence-corrected chi connectivity index (χ4v) is 3.02. The zero-order valence-electron chi connectivity index (χ0n) is 14.4. The zero-order valence-corrected chi connectivity index (χ0v) is 14.4. The molecule has 3 rings (SSSR count). The van der Waals surface area contributed by atoms with E-state index in [1.54, 1.807) is 24.0 Å². The summed E-state index contributed by atoms with van der Waals surface area (Å²) in [5, 5.41) is 7.48. The van der Waals surface area contributed by atoms with Gasteiger partial charge in [-0.25, -0.2) is 0 Å². The molecule has 24 heavy (non-hydrogen) atoms. The summed E-state index contributed by atoms with van der Waals surface area (Å²) in [7, 11) is 1.79. The summed E-state index contributed by atoms with van der Waals surface area (Å²) < 4.78 is 7.32. The van der Waals surface area contributed by atoms with Crippen molar-refractivity contribution in [3.05, 3.63) is 47.8 Å². The molecule has 0 bridgehead atoms. The van der Waals surface area contributed by atoms with Crippen molar-refractivity contribution in [2.24, 2.45) is 7.05 Å². The predicted molar refractivity (Wildman–Crippen MR) is 92.1 cm³/mol. The van der Waals surface area contributed by atoms with Gasteiger partial charge in [-0.3, -0.25) is 9.48 Å². The van der Waals surface area contributed by atoms with Crippen LogP contribution in [0, 0.1) is 0 Å². The zero-order chi connectivity index (χ0) is 17.1. The minimum Gasteiger partial charge on any atom is -0.491 e. The van der Waals surface area contributed by atoms with E-state index in [1.807, 2.05) is 43.0 Å². The summed E-state index contributed by atoms with van der Waals surface area (Å²) in [5.41, 5.74) is 1.72. The van der Waals surface area contributed by atoms with Gasteiger partial charge in [0, 0.05) is 32.9 Å². The smallest absolute Gasteiger partial charge is 0.272 e. The first kappa shape index (κ1) is 16.5. The van der Waals surface area contributed by atoms with Crippen LogP contribution >= 0.6 is 0 Å². The molecule has 0 unspecified atom stereocenters. The quantitative estimate of drug-likeness (QED) is 0.932. The van der Waals surface area contributed by atoms with Crippen molar-refractivity contribution < 1.29 is 9.53 Å². The molecule has 1 fully saturated rings. The van der Waals surface area contributed by atoms with Crippen molar-refractivity contribution in [1.82, 2.24) is 20.0 Å². The Hall–Kier alpha value is -2.34. The van der Waals surface area contributed by atoms with Gasteiger partial charge in [-0.05, 0) is 37.6 Å². The van der Waals surface area contributed by atoms with Crippen LogP contribution in [0.1, 0.15) is 35.9 Å². The Morgan fingerprint density at radius 3 is 2.67 bits per heavy atom. The number of benzene rings is 1. The average Bonchev–Trinajstić information content (AvgIpc) is 3.00. The number of aromatic nitrogens is 2. The molecule has 1 aliphatic heterocycles. The van der Waals surface area contributed by atoms with E-state index in [0.29, 0.717) is 12.2 Å². The highest BCUT2D eigenvalue weighted by Crippen LogP contribution is 2.26. The minimum absolute atomic E-state index is 0.00856. The molecule has 1 N–H and O–H groups in total. The van der Waals surface area contributed by atoms with E-state index < -0.39 is 0 Å². The van der Waals surface area contributed by atoms with Crippen LogP contribution in [0.5, 0.6) is 5.75 Å². The number of nitrogens with zero attached hydrogens (tertiary/aromatic N) is 3. The lowest BCUT2D eigenvalue weighted by Gasteiger charge is -2.36. The van der Waals surface area contributed by atoms with Gasteiger partial charge in [0.2, 0.25) is 0 Å². The molecule has 128 valence electrons. The van der Waals surface area contributed by atoms with Crippen molar-refractivity contribution in [2.45, 2.75) is 26.0 Å². The summed E-state index contributed by atoms with van der Waals surface area (Å²) in [5.74, 6) is 0.867. The molecule has 2 aromatic rings. The molecule has 1 aliphatic rings. The molecule has 0 spiro atoms. The number of piperazine rings is 1. The number of amides is 1. The van der Waals surface area contributed by atoms with E-state index in [1.165, 1.54) is 0 Å². The number of carbonyl (C=O) groups excluding carboxylic acids is 1. The van der Waals surface area contributed by atoms with Crippen LogP contribution in [0.15, 0.2) is 36.5 Å². The van der Waals surface area contributed by atoms with E-state index in [9.17, 15) is 4.79 Å². The topological polar surface area (TPSA) is 59.4 Å². The predicted octanol–water partition coefficient (Wildman–Crippen LogP) is 1.99. The lowest BCUT2D eigenvalue weighted by molar-refractivity contribution is 0.0623. The summed E-state index contributed by atoms with van der Waals surface area (Å²) in [4.78, 5) is 14.8. The molecule has 6 nitrogen and oxygen atoms in total. The van der Waals surface area contributed by atoms with Crippen LogP contribution in [-0.2, 0) is 7.05 Å². The summed E-state index contributed by atoms with van der Waals surface area (Å²) in [6.45, 7) is 6.24. The Morgan fingerprint density at radius 1 is 1.29 bits per heavy atom.